The van der Waals surface area contributed by atoms with E-state index in [0.29, 0.717) is 23.7 Å². The van der Waals surface area contributed by atoms with E-state index in [-0.39, 0.29) is 5.92 Å². The molecule has 22 heavy (non-hydrogen) atoms. The zero-order chi connectivity index (χ0) is 16.7. The number of nitrogens with one attached hydrogen (secondary N) is 1. The fourth-order valence-corrected chi connectivity index (χ4v) is 1.88. The van der Waals surface area contributed by atoms with Gasteiger partial charge in [-0.3, -0.25) is 4.79 Å². The summed E-state index contributed by atoms with van der Waals surface area (Å²) >= 11 is 0. The van der Waals surface area contributed by atoms with Gasteiger partial charge in [-0.25, -0.2) is 4.79 Å². The summed E-state index contributed by atoms with van der Waals surface area (Å²) in [6.07, 6.45) is 0.827. The maximum Gasteiger partial charge on any atom is 0.326 e. The first kappa shape index (κ1) is 17.8. The van der Waals surface area contributed by atoms with E-state index >= 15 is 0 Å². The normalized spacial score (nSPS) is 11.9. The first-order valence-corrected chi connectivity index (χ1v) is 7.25. The van der Waals surface area contributed by atoms with Gasteiger partial charge in [-0.15, -0.1) is 0 Å². The van der Waals surface area contributed by atoms with E-state index in [1.807, 2.05) is 6.92 Å². The molecule has 0 saturated heterocycles. The van der Waals surface area contributed by atoms with Crippen molar-refractivity contribution in [3.8, 4) is 11.5 Å². The molecular formula is C16H23NO5. The third-order valence-electron chi connectivity index (χ3n) is 3.11. The van der Waals surface area contributed by atoms with E-state index in [2.05, 4.69) is 5.32 Å². The van der Waals surface area contributed by atoms with Crippen LogP contribution in [-0.2, 0) is 4.79 Å². The number of rotatable bonds is 8. The first-order valence-electron chi connectivity index (χ1n) is 7.25. The molecule has 1 rings (SSSR count). The molecule has 0 aliphatic heterocycles. The van der Waals surface area contributed by atoms with E-state index in [4.69, 9.17) is 14.6 Å². The van der Waals surface area contributed by atoms with Crippen LogP contribution in [0.4, 0.5) is 0 Å². The number of ether oxygens (including phenoxy) is 2. The summed E-state index contributed by atoms with van der Waals surface area (Å²) in [4.78, 5) is 23.4. The van der Waals surface area contributed by atoms with Crippen LogP contribution in [-0.4, -0.2) is 36.7 Å². The number of hydrogen-bond donors (Lipinski definition) is 2. The minimum absolute atomic E-state index is 0.212. The minimum atomic E-state index is -1.06. The summed E-state index contributed by atoms with van der Waals surface area (Å²) in [5.74, 6) is -0.725. The molecule has 1 aromatic rings. The van der Waals surface area contributed by atoms with Crippen LogP contribution in [0.2, 0.25) is 0 Å². The molecule has 1 amide bonds. The van der Waals surface area contributed by atoms with Crippen LogP contribution < -0.4 is 14.8 Å². The van der Waals surface area contributed by atoms with Crippen molar-refractivity contribution in [3.63, 3.8) is 0 Å². The van der Waals surface area contributed by atoms with Crippen molar-refractivity contribution >= 4 is 11.9 Å². The highest BCUT2D eigenvalue weighted by Crippen LogP contribution is 2.28. The van der Waals surface area contributed by atoms with Crippen molar-refractivity contribution < 1.29 is 24.2 Å². The number of hydrogen-bond acceptors (Lipinski definition) is 4. The van der Waals surface area contributed by atoms with Gasteiger partial charge in [0.05, 0.1) is 13.7 Å². The second-order valence-corrected chi connectivity index (χ2v) is 5.25. The zero-order valence-electron chi connectivity index (χ0n) is 13.4. The molecule has 0 bridgehead atoms. The van der Waals surface area contributed by atoms with Gasteiger partial charge < -0.3 is 19.9 Å². The summed E-state index contributed by atoms with van der Waals surface area (Å²) in [5.41, 5.74) is 0.332. The van der Waals surface area contributed by atoms with Crippen LogP contribution in [0.25, 0.3) is 0 Å². The van der Waals surface area contributed by atoms with Crippen LogP contribution in [0.5, 0.6) is 11.5 Å². The van der Waals surface area contributed by atoms with Crippen molar-refractivity contribution in [1.82, 2.24) is 5.32 Å². The molecule has 0 aromatic heterocycles. The lowest BCUT2D eigenvalue weighted by molar-refractivity contribution is -0.140. The average Bonchev–Trinajstić information content (AvgIpc) is 2.49. The summed E-state index contributed by atoms with van der Waals surface area (Å²) in [5, 5.41) is 11.7. The molecule has 1 aromatic carbocycles. The largest absolute Gasteiger partial charge is 0.493 e. The average molecular weight is 309 g/mol. The lowest BCUT2D eigenvalue weighted by Crippen LogP contribution is -2.44. The summed E-state index contributed by atoms with van der Waals surface area (Å²) in [6, 6.07) is 3.83. The van der Waals surface area contributed by atoms with Crippen LogP contribution >= 0.6 is 0 Å². The van der Waals surface area contributed by atoms with Crippen LogP contribution in [0.3, 0.4) is 0 Å². The fourth-order valence-electron chi connectivity index (χ4n) is 1.88. The highest BCUT2D eigenvalue weighted by atomic mass is 16.5. The summed E-state index contributed by atoms with van der Waals surface area (Å²) in [7, 11) is 1.52. The van der Waals surface area contributed by atoms with Gasteiger partial charge in [-0.05, 0) is 30.5 Å². The van der Waals surface area contributed by atoms with Crippen molar-refractivity contribution in [1.29, 1.82) is 0 Å². The Balaban J connectivity index is 2.95. The Hall–Kier alpha value is -2.24. The van der Waals surface area contributed by atoms with Crippen molar-refractivity contribution in [2.75, 3.05) is 13.7 Å². The van der Waals surface area contributed by atoms with Gasteiger partial charge in [0.25, 0.3) is 5.91 Å². The molecule has 0 heterocycles. The molecule has 1 atom stereocenters. The van der Waals surface area contributed by atoms with E-state index in [9.17, 15) is 9.59 Å². The number of amides is 1. The lowest BCUT2D eigenvalue weighted by atomic mass is 10.0. The first-order chi connectivity index (χ1) is 10.4. The third kappa shape index (κ3) is 4.65. The predicted molar refractivity (Wildman–Crippen MR) is 82.5 cm³/mol. The molecule has 6 heteroatoms. The van der Waals surface area contributed by atoms with Gasteiger partial charge >= 0.3 is 5.97 Å². The standard InChI is InChI=1S/C16H23NO5/c1-5-8-22-13-9-11(6-7-12(13)21-4)15(18)17-14(10(2)3)16(19)20/h6-7,9-10,14H,5,8H2,1-4H3,(H,17,18)(H,19,20). The number of carbonyl (C=O) groups is 2. The Morgan fingerprint density at radius 3 is 2.45 bits per heavy atom. The second kappa shape index (κ2) is 8.26. The smallest absolute Gasteiger partial charge is 0.326 e. The number of benzene rings is 1. The number of methoxy groups -OCH3 is 1. The van der Waals surface area contributed by atoms with Gasteiger partial charge in [0.15, 0.2) is 11.5 Å². The minimum Gasteiger partial charge on any atom is -0.493 e. The van der Waals surface area contributed by atoms with E-state index in [0.717, 1.165) is 6.42 Å². The Morgan fingerprint density at radius 1 is 1.27 bits per heavy atom. The summed E-state index contributed by atoms with van der Waals surface area (Å²) in [6.45, 7) is 5.96. The number of carbonyl (C=O) groups excluding carboxylic acids is 1. The molecule has 6 nitrogen and oxygen atoms in total. The molecule has 0 radical (unpaired) electrons. The second-order valence-electron chi connectivity index (χ2n) is 5.25. The van der Waals surface area contributed by atoms with Gasteiger partial charge in [-0.2, -0.15) is 0 Å². The quantitative estimate of drug-likeness (QED) is 0.770. The van der Waals surface area contributed by atoms with Crippen LogP contribution in [0, 0.1) is 5.92 Å². The fraction of sp³-hybridized carbons (Fsp3) is 0.500. The topological polar surface area (TPSA) is 84.9 Å². The van der Waals surface area contributed by atoms with Crippen LogP contribution in [0.15, 0.2) is 18.2 Å². The molecule has 0 fully saturated rings. The van der Waals surface area contributed by atoms with Crippen molar-refractivity contribution in [2.45, 2.75) is 33.2 Å². The number of aliphatic carboxylic acids is 1. The van der Waals surface area contributed by atoms with Gasteiger partial charge in [0.2, 0.25) is 0 Å². The maximum atomic E-state index is 12.2. The Kier molecular flexibility index (Phi) is 6.69. The highest BCUT2D eigenvalue weighted by molar-refractivity contribution is 5.97. The Labute approximate surface area is 130 Å². The molecule has 0 aliphatic carbocycles. The van der Waals surface area contributed by atoms with Crippen LogP contribution in [0.1, 0.15) is 37.6 Å². The summed E-state index contributed by atoms with van der Waals surface area (Å²) < 4.78 is 10.7. The monoisotopic (exact) mass is 309 g/mol. The predicted octanol–water partition coefficient (Wildman–Crippen LogP) is 2.32. The molecule has 2 N–H and O–H groups in total. The van der Waals surface area contributed by atoms with E-state index in [1.54, 1.807) is 32.0 Å². The van der Waals surface area contributed by atoms with Gasteiger partial charge in [0, 0.05) is 5.56 Å². The Morgan fingerprint density at radius 2 is 1.95 bits per heavy atom. The molecule has 122 valence electrons. The lowest BCUT2D eigenvalue weighted by Gasteiger charge is -2.18. The van der Waals surface area contributed by atoms with E-state index < -0.39 is 17.9 Å². The van der Waals surface area contributed by atoms with Crippen molar-refractivity contribution in [2.24, 2.45) is 5.92 Å². The molecule has 0 saturated carbocycles. The molecule has 0 aliphatic rings. The number of carboxylic acid groups (broad SMARTS) is 1. The zero-order valence-corrected chi connectivity index (χ0v) is 13.4. The molecular weight excluding hydrogens is 286 g/mol. The third-order valence-corrected chi connectivity index (χ3v) is 3.11. The highest BCUT2D eigenvalue weighted by Gasteiger charge is 2.24. The Bertz CT molecular complexity index is 527. The molecule has 1 unspecified atom stereocenters. The SMILES string of the molecule is CCCOc1cc(C(=O)NC(C(=O)O)C(C)C)ccc1OC. The van der Waals surface area contributed by atoms with Crippen molar-refractivity contribution in [3.05, 3.63) is 23.8 Å². The van der Waals surface area contributed by atoms with Gasteiger partial charge in [0.1, 0.15) is 6.04 Å². The van der Waals surface area contributed by atoms with E-state index in [1.165, 1.54) is 7.11 Å². The van der Waals surface area contributed by atoms with Gasteiger partial charge in [-0.1, -0.05) is 20.8 Å². The number of carboxylic acids is 1. The maximum absolute atomic E-state index is 12.2. The molecule has 0 spiro atoms.